The van der Waals surface area contributed by atoms with Crippen LogP contribution in [0.1, 0.15) is 63.9 Å². The van der Waals surface area contributed by atoms with E-state index in [0.29, 0.717) is 21.9 Å². The number of rotatable bonds is 12. The summed E-state index contributed by atoms with van der Waals surface area (Å²) < 4.78 is 18.2. The fourth-order valence-corrected chi connectivity index (χ4v) is 7.12. The third kappa shape index (κ3) is 8.63. The van der Waals surface area contributed by atoms with Crippen LogP contribution in [-0.4, -0.2) is 61.9 Å². The summed E-state index contributed by atoms with van der Waals surface area (Å²) in [6, 6.07) is 25.9. The smallest absolute Gasteiger partial charge is 0.408 e. The number of carboxylic acids is 1. The number of pyridine rings is 1. The zero-order valence-corrected chi connectivity index (χ0v) is 28.5. The molecular weight excluding hydrogens is 674 g/mol. The van der Waals surface area contributed by atoms with Crippen LogP contribution < -0.4 is 5.32 Å². The fraction of sp³-hybridized carbons (Fsp3) is 0.289. The summed E-state index contributed by atoms with van der Waals surface area (Å²) in [5, 5.41) is 22.1. The van der Waals surface area contributed by atoms with Crippen molar-refractivity contribution in [2.45, 2.75) is 62.7 Å². The maximum absolute atomic E-state index is 13.1. The Morgan fingerprint density at radius 2 is 1.63 bits per heavy atom. The molecule has 0 saturated carbocycles. The van der Waals surface area contributed by atoms with E-state index in [1.54, 1.807) is 24.4 Å². The molecule has 12 nitrogen and oxygen atoms in total. The number of alkyl carbamates (subject to hydrolysis) is 1. The molecular formula is C38H37N3O9S. The first kappa shape index (κ1) is 35.7. The summed E-state index contributed by atoms with van der Waals surface area (Å²) in [4.78, 5) is 55.4. The number of likely N-dealkylation sites (tertiary alicyclic amines) is 1. The van der Waals surface area contributed by atoms with Gasteiger partial charge in [-0.05, 0) is 34.4 Å². The number of ether oxygens (including phenoxy) is 3. The predicted octanol–water partition coefficient (Wildman–Crippen LogP) is 5.41. The second kappa shape index (κ2) is 16.3. The number of amides is 3. The minimum Gasteiger partial charge on any atom is -0.478 e. The summed E-state index contributed by atoms with van der Waals surface area (Å²) in [5.41, 5.74) is 3.99. The number of benzene rings is 3. The summed E-state index contributed by atoms with van der Waals surface area (Å²) >= 11 is 1.30. The second-order valence-corrected chi connectivity index (χ2v) is 13.3. The highest BCUT2D eigenvalue weighted by molar-refractivity contribution is 7.99. The lowest BCUT2D eigenvalue weighted by molar-refractivity contribution is -0.268. The number of carbonyl (C=O) groups excluding carboxylic acids is 3. The monoisotopic (exact) mass is 711 g/mol. The number of nitrogens with zero attached hydrogens (tertiary/aromatic N) is 2. The van der Waals surface area contributed by atoms with Crippen LogP contribution in [-0.2, 0) is 43.6 Å². The standard InChI is InChI=1S/C38H37N3O9S/c1-23-31(22-51-34-29(36(45)46)8-5-17-39-34)49-37(50-33(23)27-13-11-25(20-42)12-14-27)28-15-9-24(10-16-28)19-41-32(43)18-30(35(41)44)40-38(47)48-21-26-6-3-2-4-7-26/h2-17,23,30-31,33,37,42H,18-22H2,1H3,(H,40,47)(H,45,46)/t23-,30?,31+,33+,37+/m1/s1. The molecule has 2 fully saturated rings. The van der Waals surface area contributed by atoms with Crippen molar-refractivity contribution < 1.29 is 43.6 Å². The first-order chi connectivity index (χ1) is 24.7. The Hall–Kier alpha value is -5.08. The molecule has 3 heterocycles. The van der Waals surface area contributed by atoms with Crippen molar-refractivity contribution >= 4 is 35.6 Å². The summed E-state index contributed by atoms with van der Waals surface area (Å²) in [6.45, 7) is 1.99. The summed E-state index contributed by atoms with van der Waals surface area (Å²) in [5.74, 6) is -1.69. The minimum absolute atomic E-state index is 0.0215. The van der Waals surface area contributed by atoms with Crippen molar-refractivity contribution in [2.24, 2.45) is 5.92 Å². The largest absolute Gasteiger partial charge is 0.478 e. The van der Waals surface area contributed by atoms with Crippen LogP contribution in [0.2, 0.25) is 0 Å². The van der Waals surface area contributed by atoms with E-state index >= 15 is 0 Å². The van der Waals surface area contributed by atoms with Crippen molar-refractivity contribution in [3.05, 3.63) is 131 Å². The van der Waals surface area contributed by atoms with Crippen molar-refractivity contribution in [1.29, 1.82) is 0 Å². The van der Waals surface area contributed by atoms with E-state index in [2.05, 4.69) is 10.3 Å². The highest BCUT2D eigenvalue weighted by Gasteiger charge is 2.41. The Morgan fingerprint density at radius 1 is 0.922 bits per heavy atom. The molecule has 3 amide bonds. The van der Waals surface area contributed by atoms with Gasteiger partial charge in [0, 0.05) is 23.4 Å². The van der Waals surface area contributed by atoms with Gasteiger partial charge >= 0.3 is 12.1 Å². The Labute approximate surface area is 298 Å². The van der Waals surface area contributed by atoms with Gasteiger partial charge in [0.25, 0.3) is 5.91 Å². The highest BCUT2D eigenvalue weighted by Crippen LogP contribution is 2.43. The van der Waals surface area contributed by atoms with Gasteiger partial charge < -0.3 is 29.7 Å². The molecule has 2 aliphatic heterocycles. The number of thioether (sulfide) groups is 1. The van der Waals surface area contributed by atoms with E-state index < -0.39 is 36.2 Å². The summed E-state index contributed by atoms with van der Waals surface area (Å²) in [7, 11) is 0. The Kier molecular flexibility index (Phi) is 11.4. The quantitative estimate of drug-likeness (QED) is 0.127. The number of aromatic nitrogens is 1. The average molecular weight is 712 g/mol. The van der Waals surface area contributed by atoms with Gasteiger partial charge in [-0.25, -0.2) is 14.6 Å². The number of carboxylic acid groups (broad SMARTS) is 1. The number of nitrogens with one attached hydrogen (secondary N) is 1. The minimum atomic E-state index is -1.06. The number of imide groups is 1. The molecule has 264 valence electrons. The Balaban J connectivity index is 1.12. The van der Waals surface area contributed by atoms with Crippen LogP contribution in [0.15, 0.2) is 102 Å². The number of hydrogen-bond donors (Lipinski definition) is 3. The van der Waals surface area contributed by atoms with Crippen molar-refractivity contribution in [2.75, 3.05) is 5.75 Å². The topological polar surface area (TPSA) is 165 Å². The molecule has 1 aromatic heterocycles. The van der Waals surface area contributed by atoms with E-state index in [4.69, 9.17) is 14.2 Å². The molecule has 0 radical (unpaired) electrons. The van der Waals surface area contributed by atoms with Crippen molar-refractivity contribution in [3.63, 3.8) is 0 Å². The number of aliphatic hydroxyl groups is 1. The van der Waals surface area contributed by atoms with Gasteiger partial charge in [0.2, 0.25) is 5.91 Å². The lowest BCUT2D eigenvalue weighted by atomic mass is 9.91. The van der Waals surface area contributed by atoms with E-state index in [0.717, 1.165) is 21.6 Å². The zero-order chi connectivity index (χ0) is 35.9. The average Bonchev–Trinajstić information content (AvgIpc) is 3.41. The lowest BCUT2D eigenvalue weighted by Crippen LogP contribution is -2.41. The van der Waals surface area contributed by atoms with Gasteiger partial charge in [-0.15, -0.1) is 11.8 Å². The number of aromatic carboxylic acids is 1. The highest BCUT2D eigenvalue weighted by atomic mass is 32.2. The fourth-order valence-electron chi connectivity index (χ4n) is 5.97. The Morgan fingerprint density at radius 3 is 2.33 bits per heavy atom. The molecule has 5 atom stereocenters. The number of aliphatic hydroxyl groups excluding tert-OH is 1. The van der Waals surface area contributed by atoms with E-state index in [-0.39, 0.29) is 49.9 Å². The van der Waals surface area contributed by atoms with Crippen LogP contribution >= 0.6 is 11.8 Å². The maximum Gasteiger partial charge on any atom is 0.408 e. The molecule has 13 heteroatoms. The molecule has 0 aliphatic carbocycles. The SMILES string of the molecule is C[C@@H]1[C@H](CSc2ncccc2C(=O)O)O[C@H](c2ccc(CN3C(=O)CC(NC(=O)OCc4ccccc4)C3=O)cc2)O[C@@H]1c1ccc(CO)cc1. The normalized spacial score (nSPS) is 21.8. The zero-order valence-electron chi connectivity index (χ0n) is 27.7. The van der Waals surface area contributed by atoms with Crippen molar-refractivity contribution in [1.82, 2.24) is 15.2 Å². The predicted molar refractivity (Wildman–Crippen MR) is 185 cm³/mol. The molecule has 0 bridgehead atoms. The number of hydrogen-bond acceptors (Lipinski definition) is 10. The molecule has 0 spiro atoms. The summed E-state index contributed by atoms with van der Waals surface area (Å²) in [6.07, 6.45) is -0.904. The molecule has 51 heavy (non-hydrogen) atoms. The second-order valence-electron chi connectivity index (χ2n) is 12.3. The van der Waals surface area contributed by atoms with Gasteiger partial charge in [-0.3, -0.25) is 14.5 Å². The van der Waals surface area contributed by atoms with Crippen LogP contribution in [0.5, 0.6) is 0 Å². The Bertz CT molecular complexity index is 1860. The van der Waals surface area contributed by atoms with Gasteiger partial charge in [0.15, 0.2) is 6.29 Å². The third-order valence-electron chi connectivity index (χ3n) is 8.85. The van der Waals surface area contributed by atoms with E-state index in [9.17, 15) is 29.4 Å². The van der Waals surface area contributed by atoms with Gasteiger partial charge in [0.1, 0.15) is 17.7 Å². The van der Waals surface area contributed by atoms with Crippen LogP contribution in [0.25, 0.3) is 0 Å². The van der Waals surface area contributed by atoms with Crippen molar-refractivity contribution in [3.8, 4) is 0 Å². The molecule has 1 unspecified atom stereocenters. The van der Waals surface area contributed by atoms with Crippen LogP contribution in [0.3, 0.4) is 0 Å². The van der Waals surface area contributed by atoms with Crippen LogP contribution in [0, 0.1) is 5.92 Å². The van der Waals surface area contributed by atoms with Crippen LogP contribution in [0.4, 0.5) is 4.79 Å². The molecule has 3 N–H and O–H groups in total. The molecule has 4 aromatic rings. The molecule has 2 aliphatic rings. The first-order valence-corrected chi connectivity index (χ1v) is 17.4. The lowest BCUT2D eigenvalue weighted by Gasteiger charge is -2.41. The van der Waals surface area contributed by atoms with E-state index in [1.807, 2.05) is 73.7 Å². The van der Waals surface area contributed by atoms with E-state index in [1.165, 1.54) is 17.8 Å². The molecule has 2 saturated heterocycles. The third-order valence-corrected chi connectivity index (χ3v) is 9.94. The molecule has 6 rings (SSSR count). The van der Waals surface area contributed by atoms with Gasteiger partial charge in [0.05, 0.1) is 37.3 Å². The maximum atomic E-state index is 13.1. The van der Waals surface area contributed by atoms with Gasteiger partial charge in [-0.2, -0.15) is 0 Å². The molecule has 3 aromatic carbocycles. The number of carbonyl (C=O) groups is 4. The van der Waals surface area contributed by atoms with Gasteiger partial charge in [-0.1, -0.05) is 85.8 Å². The first-order valence-electron chi connectivity index (χ1n) is 16.4.